The van der Waals surface area contributed by atoms with Crippen molar-refractivity contribution in [3.63, 3.8) is 0 Å². The number of aromatic nitrogens is 2. The number of thiophene rings is 1. The molecule has 2 rings (SSSR count). The van der Waals surface area contributed by atoms with Gasteiger partial charge in [-0.1, -0.05) is 0 Å². The number of ether oxygens (including phenoxy) is 2. The van der Waals surface area contributed by atoms with Crippen molar-refractivity contribution in [3.8, 4) is 22.2 Å². The third-order valence-electron chi connectivity index (χ3n) is 2.47. The Bertz CT molecular complexity index is 639. The van der Waals surface area contributed by atoms with Crippen LogP contribution in [0.4, 0.5) is 0 Å². The van der Waals surface area contributed by atoms with Crippen molar-refractivity contribution in [2.75, 3.05) is 13.7 Å². The van der Waals surface area contributed by atoms with Gasteiger partial charge in [0.2, 0.25) is 5.88 Å². The molecule has 106 valence electrons. The van der Waals surface area contributed by atoms with Crippen LogP contribution in [0.2, 0.25) is 0 Å². The molecule has 2 heterocycles. The zero-order valence-electron chi connectivity index (χ0n) is 11.3. The van der Waals surface area contributed by atoms with E-state index in [9.17, 15) is 9.90 Å². The molecule has 0 bridgehead atoms. The zero-order chi connectivity index (χ0) is 14.7. The molecule has 2 aromatic rings. The summed E-state index contributed by atoms with van der Waals surface area (Å²) in [5.41, 5.74) is 0.618. The molecule has 6 nitrogen and oxygen atoms in total. The first kappa shape index (κ1) is 14.3. The van der Waals surface area contributed by atoms with Gasteiger partial charge in [0.05, 0.1) is 24.3 Å². The molecule has 7 heteroatoms. The standard InChI is InChI=1S/C13H14N2O4S/c1-4-19-9-6-10(20-12(9)13(16)17)8-5-11(18-3)15-7(2)14-8/h5-6H,4H2,1-3H3,(H,16,17). The quantitative estimate of drug-likeness (QED) is 0.913. The lowest BCUT2D eigenvalue weighted by Crippen LogP contribution is -1.98. The molecule has 0 aliphatic rings. The van der Waals surface area contributed by atoms with Crippen molar-refractivity contribution >= 4 is 17.3 Å². The number of carboxylic acid groups (broad SMARTS) is 1. The van der Waals surface area contributed by atoms with Crippen LogP contribution in [0.1, 0.15) is 22.4 Å². The molecule has 0 atom stereocenters. The van der Waals surface area contributed by atoms with Crippen LogP contribution in [-0.2, 0) is 0 Å². The fourth-order valence-electron chi connectivity index (χ4n) is 1.68. The average molecular weight is 294 g/mol. The highest BCUT2D eigenvalue weighted by atomic mass is 32.1. The van der Waals surface area contributed by atoms with Gasteiger partial charge in [0.15, 0.2) is 4.88 Å². The van der Waals surface area contributed by atoms with Gasteiger partial charge in [-0.3, -0.25) is 0 Å². The Balaban J connectivity index is 2.49. The highest BCUT2D eigenvalue weighted by Gasteiger charge is 2.18. The molecule has 2 aromatic heterocycles. The summed E-state index contributed by atoms with van der Waals surface area (Å²) in [6.45, 7) is 3.96. The number of nitrogens with zero attached hydrogens (tertiary/aromatic N) is 2. The van der Waals surface area contributed by atoms with Crippen LogP contribution >= 0.6 is 11.3 Å². The molecule has 0 aromatic carbocycles. The van der Waals surface area contributed by atoms with Gasteiger partial charge in [0, 0.05) is 12.1 Å². The smallest absolute Gasteiger partial charge is 0.349 e. The fourth-order valence-corrected chi connectivity index (χ4v) is 2.58. The summed E-state index contributed by atoms with van der Waals surface area (Å²) >= 11 is 1.12. The van der Waals surface area contributed by atoms with Crippen LogP contribution in [0.25, 0.3) is 10.6 Å². The van der Waals surface area contributed by atoms with Gasteiger partial charge < -0.3 is 14.6 Å². The summed E-state index contributed by atoms with van der Waals surface area (Å²) < 4.78 is 10.4. The van der Waals surface area contributed by atoms with Crippen molar-refractivity contribution < 1.29 is 19.4 Å². The second kappa shape index (κ2) is 5.87. The van der Waals surface area contributed by atoms with Gasteiger partial charge in [-0.2, -0.15) is 4.98 Å². The molecule has 1 N–H and O–H groups in total. The Morgan fingerprint density at radius 3 is 2.75 bits per heavy atom. The molecule has 0 amide bonds. The predicted molar refractivity (Wildman–Crippen MR) is 74.8 cm³/mol. The first-order valence-corrected chi connectivity index (χ1v) is 6.76. The highest BCUT2D eigenvalue weighted by Crippen LogP contribution is 2.36. The second-order valence-electron chi connectivity index (χ2n) is 3.88. The van der Waals surface area contributed by atoms with Crippen molar-refractivity contribution in [2.24, 2.45) is 0 Å². The Labute approximate surface area is 120 Å². The highest BCUT2D eigenvalue weighted by molar-refractivity contribution is 7.17. The number of rotatable bonds is 5. The van der Waals surface area contributed by atoms with Crippen LogP contribution in [0.15, 0.2) is 12.1 Å². The van der Waals surface area contributed by atoms with Crippen molar-refractivity contribution in [1.82, 2.24) is 9.97 Å². The van der Waals surface area contributed by atoms with E-state index in [2.05, 4.69) is 9.97 Å². The molecular weight excluding hydrogens is 280 g/mol. The van der Waals surface area contributed by atoms with Gasteiger partial charge in [-0.15, -0.1) is 11.3 Å². The van der Waals surface area contributed by atoms with Gasteiger partial charge in [0.1, 0.15) is 11.6 Å². The van der Waals surface area contributed by atoms with Gasteiger partial charge in [-0.05, 0) is 13.8 Å². The van der Waals surface area contributed by atoms with E-state index in [-0.39, 0.29) is 4.88 Å². The Morgan fingerprint density at radius 1 is 1.40 bits per heavy atom. The van der Waals surface area contributed by atoms with Gasteiger partial charge in [0.25, 0.3) is 0 Å². The van der Waals surface area contributed by atoms with Crippen LogP contribution in [0.5, 0.6) is 11.6 Å². The first-order chi connectivity index (χ1) is 9.55. The molecule has 0 spiro atoms. The average Bonchev–Trinajstić information content (AvgIpc) is 2.82. The first-order valence-electron chi connectivity index (χ1n) is 5.95. The lowest BCUT2D eigenvalue weighted by atomic mass is 10.3. The summed E-state index contributed by atoms with van der Waals surface area (Å²) in [5, 5.41) is 9.18. The van der Waals surface area contributed by atoms with Crippen LogP contribution < -0.4 is 9.47 Å². The van der Waals surface area contributed by atoms with E-state index in [1.54, 1.807) is 26.0 Å². The van der Waals surface area contributed by atoms with E-state index in [1.165, 1.54) is 7.11 Å². The predicted octanol–water partition coefficient (Wildman–Crippen LogP) is 2.62. The monoisotopic (exact) mass is 294 g/mol. The SMILES string of the molecule is CCOc1cc(-c2cc(OC)nc(C)n2)sc1C(=O)O. The molecule has 0 radical (unpaired) electrons. The Morgan fingerprint density at radius 2 is 2.15 bits per heavy atom. The van der Waals surface area contributed by atoms with E-state index < -0.39 is 5.97 Å². The Hall–Kier alpha value is -2.15. The molecule has 0 saturated heterocycles. The molecule has 0 fully saturated rings. The summed E-state index contributed by atoms with van der Waals surface area (Å²) in [7, 11) is 1.52. The summed E-state index contributed by atoms with van der Waals surface area (Å²) in [5.74, 6) is 0.344. The van der Waals surface area contributed by atoms with E-state index in [4.69, 9.17) is 9.47 Å². The second-order valence-corrected chi connectivity index (χ2v) is 4.94. The van der Waals surface area contributed by atoms with Crippen LogP contribution in [-0.4, -0.2) is 34.8 Å². The van der Waals surface area contributed by atoms with Gasteiger partial charge >= 0.3 is 5.97 Å². The third-order valence-corrected chi connectivity index (χ3v) is 3.59. The number of aryl methyl sites for hydroxylation is 1. The minimum atomic E-state index is -1.01. The van der Waals surface area contributed by atoms with E-state index in [1.807, 2.05) is 0 Å². The van der Waals surface area contributed by atoms with Crippen molar-refractivity contribution in [2.45, 2.75) is 13.8 Å². The fraction of sp³-hybridized carbons (Fsp3) is 0.308. The number of aromatic carboxylic acids is 1. The minimum absolute atomic E-state index is 0.164. The number of methoxy groups -OCH3 is 1. The molecule has 20 heavy (non-hydrogen) atoms. The third kappa shape index (κ3) is 2.88. The van der Waals surface area contributed by atoms with Crippen molar-refractivity contribution in [1.29, 1.82) is 0 Å². The maximum Gasteiger partial charge on any atom is 0.349 e. The lowest BCUT2D eigenvalue weighted by molar-refractivity contribution is 0.0698. The number of hydrogen-bond donors (Lipinski definition) is 1. The van der Waals surface area contributed by atoms with Gasteiger partial charge in [-0.25, -0.2) is 9.78 Å². The van der Waals surface area contributed by atoms with Crippen LogP contribution in [0.3, 0.4) is 0 Å². The topological polar surface area (TPSA) is 81.5 Å². The molecule has 0 unspecified atom stereocenters. The maximum absolute atomic E-state index is 11.2. The van der Waals surface area contributed by atoms with Crippen LogP contribution in [0, 0.1) is 6.92 Å². The largest absolute Gasteiger partial charge is 0.492 e. The normalized spacial score (nSPS) is 10.3. The number of carbonyl (C=O) groups is 1. The number of hydrogen-bond acceptors (Lipinski definition) is 6. The van der Waals surface area contributed by atoms with Crippen molar-refractivity contribution in [3.05, 3.63) is 22.8 Å². The van der Waals surface area contributed by atoms with E-state index in [0.29, 0.717) is 34.6 Å². The summed E-state index contributed by atoms with van der Waals surface area (Å²) in [6.07, 6.45) is 0. The molecular formula is C13H14N2O4S. The van der Waals surface area contributed by atoms with E-state index >= 15 is 0 Å². The number of carboxylic acids is 1. The molecule has 0 aliphatic carbocycles. The zero-order valence-corrected chi connectivity index (χ0v) is 12.2. The summed E-state index contributed by atoms with van der Waals surface area (Å²) in [4.78, 5) is 20.5. The Kier molecular flexibility index (Phi) is 4.19. The molecule has 0 aliphatic heterocycles. The lowest BCUT2D eigenvalue weighted by Gasteiger charge is -2.02. The molecule has 0 saturated carbocycles. The minimum Gasteiger partial charge on any atom is -0.492 e. The summed E-state index contributed by atoms with van der Waals surface area (Å²) in [6, 6.07) is 3.35. The maximum atomic E-state index is 11.2. The van der Waals surface area contributed by atoms with E-state index in [0.717, 1.165) is 11.3 Å².